The normalized spacial score (nSPS) is 13.8. The first-order valence-electron chi connectivity index (χ1n) is 8.52. The van der Waals surface area contributed by atoms with Crippen LogP contribution in [0, 0.1) is 0 Å². The highest BCUT2D eigenvalue weighted by Crippen LogP contribution is 2.23. The van der Waals surface area contributed by atoms with Crippen LogP contribution in [-0.4, -0.2) is 11.4 Å². The van der Waals surface area contributed by atoms with E-state index in [1.165, 1.54) is 63.9 Å². The Morgan fingerprint density at radius 3 is 1.85 bits per heavy atom. The minimum absolute atomic E-state index is 0.0310. The molecular weight excluding hydrogens is 246 g/mol. The summed E-state index contributed by atoms with van der Waals surface area (Å²) in [6, 6.07) is 0. The zero-order valence-corrected chi connectivity index (χ0v) is 14.0. The quantitative estimate of drug-likeness (QED) is 0.356. The molecule has 0 aliphatic heterocycles. The summed E-state index contributed by atoms with van der Waals surface area (Å²) in [6.45, 7) is 10.2. The molecule has 0 aliphatic rings. The summed E-state index contributed by atoms with van der Waals surface area (Å²) in [6.07, 6.45) is 15.0. The van der Waals surface area contributed by atoms with Crippen molar-refractivity contribution in [3.05, 3.63) is 12.7 Å². The van der Waals surface area contributed by atoms with Gasteiger partial charge in [-0.15, -0.1) is 0 Å². The molecule has 0 rings (SSSR count). The van der Waals surface area contributed by atoms with Crippen LogP contribution in [0.3, 0.4) is 0 Å². The topological polar surface area (TPSA) is 29.1 Å². The fourth-order valence-corrected chi connectivity index (χ4v) is 2.66. The van der Waals surface area contributed by atoms with Crippen molar-refractivity contribution >= 4 is 5.91 Å². The van der Waals surface area contributed by atoms with E-state index in [2.05, 4.69) is 32.7 Å². The lowest BCUT2D eigenvalue weighted by Crippen LogP contribution is -2.45. The first-order valence-corrected chi connectivity index (χ1v) is 8.52. The van der Waals surface area contributed by atoms with Gasteiger partial charge in [-0.3, -0.25) is 4.79 Å². The number of carbonyl (C=O) groups is 1. The average molecular weight is 281 g/mol. The fourth-order valence-electron chi connectivity index (χ4n) is 2.66. The second kappa shape index (κ2) is 12.0. The molecule has 1 unspecified atom stereocenters. The number of hydrogen-bond acceptors (Lipinski definition) is 1. The maximum atomic E-state index is 11.6. The van der Waals surface area contributed by atoms with E-state index in [1.807, 2.05) is 0 Å². The highest BCUT2D eigenvalue weighted by Gasteiger charge is 2.24. The SMILES string of the molecule is C=CC(=O)NC(C)(CCCCCC)CCCCCCC. The Morgan fingerprint density at radius 2 is 1.40 bits per heavy atom. The van der Waals surface area contributed by atoms with Crippen LogP contribution >= 0.6 is 0 Å². The zero-order chi connectivity index (χ0) is 15.3. The largest absolute Gasteiger partial charge is 0.347 e. The van der Waals surface area contributed by atoms with Gasteiger partial charge in [-0.2, -0.15) is 0 Å². The molecule has 0 aliphatic carbocycles. The lowest BCUT2D eigenvalue weighted by atomic mass is 9.88. The third-order valence-corrected chi connectivity index (χ3v) is 4.02. The Kier molecular flexibility index (Phi) is 11.5. The Labute approximate surface area is 126 Å². The maximum Gasteiger partial charge on any atom is 0.243 e. The lowest BCUT2D eigenvalue weighted by Gasteiger charge is -2.31. The minimum atomic E-state index is -0.0504. The molecule has 0 aromatic rings. The Hall–Kier alpha value is -0.790. The van der Waals surface area contributed by atoms with E-state index in [0.717, 1.165) is 12.8 Å². The molecule has 118 valence electrons. The third-order valence-electron chi connectivity index (χ3n) is 4.02. The number of carbonyl (C=O) groups excluding carboxylic acids is 1. The molecule has 2 nitrogen and oxygen atoms in total. The molecular formula is C18H35NO. The van der Waals surface area contributed by atoms with Gasteiger partial charge in [0, 0.05) is 5.54 Å². The van der Waals surface area contributed by atoms with E-state index >= 15 is 0 Å². The van der Waals surface area contributed by atoms with Crippen molar-refractivity contribution in [3.8, 4) is 0 Å². The van der Waals surface area contributed by atoms with Gasteiger partial charge >= 0.3 is 0 Å². The standard InChI is InChI=1S/C18H35NO/c1-5-8-10-12-14-16-18(4,19-17(20)7-3)15-13-11-9-6-2/h7H,3,5-6,8-16H2,1-2,4H3,(H,19,20). The van der Waals surface area contributed by atoms with Crippen LogP contribution in [0.1, 0.15) is 91.4 Å². The van der Waals surface area contributed by atoms with E-state index in [0.29, 0.717) is 0 Å². The van der Waals surface area contributed by atoms with Gasteiger partial charge in [-0.25, -0.2) is 0 Å². The molecule has 2 heteroatoms. The molecule has 0 bridgehead atoms. The second-order valence-corrected chi connectivity index (χ2v) is 6.23. The highest BCUT2D eigenvalue weighted by atomic mass is 16.1. The molecule has 0 saturated heterocycles. The van der Waals surface area contributed by atoms with Crippen LogP contribution in [0.15, 0.2) is 12.7 Å². The molecule has 1 amide bonds. The first-order chi connectivity index (χ1) is 9.58. The van der Waals surface area contributed by atoms with Crippen LogP contribution in [-0.2, 0) is 4.79 Å². The van der Waals surface area contributed by atoms with Gasteiger partial charge in [-0.05, 0) is 25.8 Å². The number of hydrogen-bond donors (Lipinski definition) is 1. The molecule has 1 N–H and O–H groups in total. The molecule has 1 atom stereocenters. The molecule has 0 saturated carbocycles. The number of unbranched alkanes of at least 4 members (excludes halogenated alkanes) is 7. The Morgan fingerprint density at radius 1 is 0.950 bits per heavy atom. The first kappa shape index (κ1) is 19.2. The molecule has 0 spiro atoms. The van der Waals surface area contributed by atoms with Gasteiger partial charge in [0.05, 0.1) is 0 Å². The van der Waals surface area contributed by atoms with Gasteiger partial charge in [0.15, 0.2) is 0 Å². The summed E-state index contributed by atoms with van der Waals surface area (Å²) in [5.74, 6) is -0.0310. The van der Waals surface area contributed by atoms with E-state index < -0.39 is 0 Å². The highest BCUT2D eigenvalue weighted by molar-refractivity contribution is 5.87. The van der Waals surface area contributed by atoms with Gasteiger partial charge in [-0.1, -0.05) is 78.2 Å². The molecule has 0 aromatic heterocycles. The van der Waals surface area contributed by atoms with Crippen LogP contribution in [0.5, 0.6) is 0 Å². The molecule has 20 heavy (non-hydrogen) atoms. The third kappa shape index (κ3) is 10.1. The van der Waals surface area contributed by atoms with Crippen LogP contribution < -0.4 is 5.32 Å². The monoisotopic (exact) mass is 281 g/mol. The molecule has 0 fully saturated rings. The predicted octanol–water partition coefficient (Wildman–Crippen LogP) is 5.38. The Balaban J connectivity index is 4.15. The van der Waals surface area contributed by atoms with E-state index in [-0.39, 0.29) is 11.4 Å². The van der Waals surface area contributed by atoms with Crippen LogP contribution in [0.25, 0.3) is 0 Å². The zero-order valence-electron chi connectivity index (χ0n) is 14.0. The summed E-state index contributed by atoms with van der Waals surface area (Å²) in [5.41, 5.74) is -0.0504. The Bertz CT molecular complexity index is 262. The van der Waals surface area contributed by atoms with Gasteiger partial charge < -0.3 is 5.32 Å². The lowest BCUT2D eigenvalue weighted by molar-refractivity contribution is -0.118. The van der Waals surface area contributed by atoms with Crippen molar-refractivity contribution in [1.29, 1.82) is 0 Å². The van der Waals surface area contributed by atoms with Gasteiger partial charge in [0.25, 0.3) is 0 Å². The van der Waals surface area contributed by atoms with Crippen molar-refractivity contribution in [2.24, 2.45) is 0 Å². The maximum absolute atomic E-state index is 11.6. The predicted molar refractivity (Wildman–Crippen MR) is 88.9 cm³/mol. The molecule has 0 radical (unpaired) electrons. The van der Waals surface area contributed by atoms with Gasteiger partial charge in [0.1, 0.15) is 0 Å². The number of rotatable bonds is 13. The van der Waals surface area contributed by atoms with Crippen molar-refractivity contribution < 1.29 is 4.79 Å². The summed E-state index contributed by atoms with van der Waals surface area (Å²) in [4.78, 5) is 11.6. The van der Waals surface area contributed by atoms with Crippen molar-refractivity contribution in [3.63, 3.8) is 0 Å². The molecule has 0 aromatic carbocycles. The van der Waals surface area contributed by atoms with Crippen molar-refractivity contribution in [2.75, 3.05) is 0 Å². The minimum Gasteiger partial charge on any atom is -0.347 e. The number of amides is 1. The van der Waals surface area contributed by atoms with Crippen molar-refractivity contribution in [1.82, 2.24) is 5.32 Å². The summed E-state index contributed by atoms with van der Waals surface area (Å²) in [5, 5.41) is 3.15. The average Bonchev–Trinajstić information content (AvgIpc) is 2.43. The smallest absolute Gasteiger partial charge is 0.243 e. The van der Waals surface area contributed by atoms with Crippen LogP contribution in [0.2, 0.25) is 0 Å². The van der Waals surface area contributed by atoms with Gasteiger partial charge in [0.2, 0.25) is 5.91 Å². The van der Waals surface area contributed by atoms with E-state index in [4.69, 9.17) is 0 Å². The van der Waals surface area contributed by atoms with Crippen molar-refractivity contribution in [2.45, 2.75) is 96.9 Å². The molecule has 0 heterocycles. The van der Waals surface area contributed by atoms with Crippen LogP contribution in [0.4, 0.5) is 0 Å². The van der Waals surface area contributed by atoms with E-state index in [9.17, 15) is 4.79 Å². The fraction of sp³-hybridized carbons (Fsp3) is 0.833. The summed E-state index contributed by atoms with van der Waals surface area (Å²) >= 11 is 0. The van der Waals surface area contributed by atoms with E-state index in [1.54, 1.807) is 0 Å². The number of nitrogens with one attached hydrogen (secondary N) is 1. The second-order valence-electron chi connectivity index (χ2n) is 6.23. The summed E-state index contributed by atoms with van der Waals surface area (Å²) in [7, 11) is 0. The summed E-state index contributed by atoms with van der Waals surface area (Å²) < 4.78 is 0.